The number of aryl methyl sites for hydroxylation is 1. The van der Waals surface area contributed by atoms with E-state index in [1.807, 2.05) is 5.38 Å². The van der Waals surface area contributed by atoms with Crippen LogP contribution in [0, 0.1) is 6.92 Å². The highest BCUT2D eigenvalue weighted by Gasteiger charge is 2.15. The number of benzene rings is 1. The molecule has 0 aliphatic rings. The predicted octanol–water partition coefficient (Wildman–Crippen LogP) is 4.42. The van der Waals surface area contributed by atoms with Crippen molar-refractivity contribution in [2.24, 2.45) is 0 Å². The molecule has 2 aromatic rings. The number of nitrogens with zero attached hydrogens (tertiary/aromatic N) is 1. The van der Waals surface area contributed by atoms with Gasteiger partial charge in [-0.25, -0.2) is 4.98 Å². The molecule has 0 N–H and O–H groups in total. The van der Waals surface area contributed by atoms with Gasteiger partial charge in [0, 0.05) is 5.56 Å². The van der Waals surface area contributed by atoms with Crippen LogP contribution in [0.2, 0.25) is 0 Å². The van der Waals surface area contributed by atoms with Gasteiger partial charge in [-0.05, 0) is 23.5 Å². The van der Waals surface area contributed by atoms with E-state index in [1.165, 1.54) is 16.7 Å². The van der Waals surface area contributed by atoms with E-state index in [2.05, 4.69) is 50.9 Å². The number of hydrogen-bond acceptors (Lipinski definition) is 3. The number of hydrogen-bond donors (Lipinski definition) is 0. The van der Waals surface area contributed by atoms with Gasteiger partial charge in [0.1, 0.15) is 5.01 Å². The molecule has 0 saturated heterocycles. The molecule has 2 rings (SSSR count). The first-order chi connectivity index (χ1) is 8.41. The fourth-order valence-corrected chi connectivity index (χ4v) is 2.71. The quantitative estimate of drug-likeness (QED) is 0.798. The molecule has 1 aromatic carbocycles. The Morgan fingerprint density at radius 2 is 1.94 bits per heavy atom. The van der Waals surface area contributed by atoms with Crippen molar-refractivity contribution in [3.63, 3.8) is 0 Å². The van der Waals surface area contributed by atoms with Crippen molar-refractivity contribution < 1.29 is 4.74 Å². The Hall–Kier alpha value is -1.35. The number of ether oxygens (including phenoxy) is 1. The van der Waals surface area contributed by atoms with Gasteiger partial charge in [0.2, 0.25) is 5.88 Å². The van der Waals surface area contributed by atoms with Gasteiger partial charge in [-0.1, -0.05) is 39.0 Å². The Morgan fingerprint density at radius 1 is 1.22 bits per heavy atom. The van der Waals surface area contributed by atoms with Crippen molar-refractivity contribution in [2.45, 2.75) is 33.1 Å². The van der Waals surface area contributed by atoms with Crippen molar-refractivity contribution >= 4 is 11.3 Å². The van der Waals surface area contributed by atoms with Crippen LogP contribution in [-0.4, -0.2) is 12.1 Å². The Balaban J connectivity index is 2.41. The van der Waals surface area contributed by atoms with Crippen LogP contribution in [0.25, 0.3) is 10.6 Å². The summed E-state index contributed by atoms with van der Waals surface area (Å²) < 4.78 is 5.13. The third-order valence-electron chi connectivity index (χ3n) is 3.02. The molecule has 0 spiro atoms. The van der Waals surface area contributed by atoms with Crippen molar-refractivity contribution in [3.8, 4) is 16.5 Å². The molecular formula is C15H19NOS. The van der Waals surface area contributed by atoms with Gasteiger partial charge in [-0.15, -0.1) is 11.3 Å². The van der Waals surface area contributed by atoms with E-state index >= 15 is 0 Å². The second kappa shape index (κ2) is 4.73. The summed E-state index contributed by atoms with van der Waals surface area (Å²) in [5, 5.41) is 2.96. The van der Waals surface area contributed by atoms with E-state index in [9.17, 15) is 0 Å². The van der Waals surface area contributed by atoms with Gasteiger partial charge in [-0.3, -0.25) is 0 Å². The lowest BCUT2D eigenvalue weighted by molar-refractivity contribution is 0.401. The lowest BCUT2D eigenvalue weighted by Gasteiger charge is -2.20. The molecule has 0 bridgehead atoms. The topological polar surface area (TPSA) is 22.1 Å². The summed E-state index contributed by atoms with van der Waals surface area (Å²) in [5.74, 6) is 0.689. The number of rotatable bonds is 2. The van der Waals surface area contributed by atoms with Crippen LogP contribution in [0.4, 0.5) is 0 Å². The molecule has 0 atom stereocenters. The standard InChI is InChI=1S/C15H19NOS/c1-10-8-11(15(2,3)4)6-7-12(10)14-16-13(17-5)9-18-14/h6-9H,1-5H3. The minimum atomic E-state index is 0.184. The first kappa shape index (κ1) is 13.1. The van der Waals surface area contributed by atoms with Gasteiger partial charge in [0.15, 0.2) is 0 Å². The van der Waals surface area contributed by atoms with Crippen LogP contribution in [0.1, 0.15) is 31.9 Å². The van der Waals surface area contributed by atoms with E-state index < -0.39 is 0 Å². The zero-order valence-electron chi connectivity index (χ0n) is 11.6. The van der Waals surface area contributed by atoms with Crippen LogP contribution in [0.3, 0.4) is 0 Å². The molecule has 0 aliphatic carbocycles. The first-order valence-corrected chi connectivity index (χ1v) is 6.91. The van der Waals surface area contributed by atoms with Crippen molar-refractivity contribution in [2.75, 3.05) is 7.11 Å². The number of thiazole rings is 1. The van der Waals surface area contributed by atoms with E-state index in [1.54, 1.807) is 18.4 Å². The zero-order valence-corrected chi connectivity index (χ0v) is 12.4. The van der Waals surface area contributed by atoms with Gasteiger partial charge in [0.05, 0.1) is 12.5 Å². The minimum absolute atomic E-state index is 0.184. The van der Waals surface area contributed by atoms with Gasteiger partial charge in [-0.2, -0.15) is 0 Å². The SMILES string of the molecule is COc1csc(-c2ccc(C(C)(C)C)cc2C)n1. The summed E-state index contributed by atoms with van der Waals surface area (Å²) in [6.45, 7) is 8.83. The Labute approximate surface area is 113 Å². The molecule has 1 aromatic heterocycles. The molecule has 96 valence electrons. The van der Waals surface area contributed by atoms with E-state index in [0.29, 0.717) is 5.88 Å². The summed E-state index contributed by atoms with van der Waals surface area (Å²) in [6, 6.07) is 6.60. The van der Waals surface area contributed by atoms with Crippen LogP contribution in [0.5, 0.6) is 5.88 Å². The average Bonchev–Trinajstić information content (AvgIpc) is 2.76. The second-order valence-electron chi connectivity index (χ2n) is 5.47. The molecule has 3 heteroatoms. The van der Waals surface area contributed by atoms with Gasteiger partial charge < -0.3 is 4.74 Å². The lowest BCUT2D eigenvalue weighted by atomic mass is 9.85. The first-order valence-electron chi connectivity index (χ1n) is 6.03. The maximum Gasteiger partial charge on any atom is 0.224 e. The molecule has 18 heavy (non-hydrogen) atoms. The zero-order chi connectivity index (χ0) is 13.3. The molecule has 0 fully saturated rings. The molecule has 0 radical (unpaired) electrons. The molecule has 0 aliphatic heterocycles. The molecule has 2 nitrogen and oxygen atoms in total. The highest BCUT2D eigenvalue weighted by Crippen LogP contribution is 2.32. The van der Waals surface area contributed by atoms with Crippen LogP contribution in [-0.2, 0) is 5.41 Å². The summed E-state index contributed by atoms with van der Waals surface area (Å²) >= 11 is 1.62. The van der Waals surface area contributed by atoms with E-state index in [-0.39, 0.29) is 5.41 Å². The minimum Gasteiger partial charge on any atom is -0.480 e. The normalized spacial score (nSPS) is 11.6. The van der Waals surface area contributed by atoms with Crippen LogP contribution < -0.4 is 4.74 Å². The molecule has 0 amide bonds. The Kier molecular flexibility index (Phi) is 3.44. The monoisotopic (exact) mass is 261 g/mol. The van der Waals surface area contributed by atoms with E-state index in [0.717, 1.165) is 5.01 Å². The van der Waals surface area contributed by atoms with Crippen LogP contribution >= 0.6 is 11.3 Å². The number of methoxy groups -OCH3 is 1. The van der Waals surface area contributed by atoms with Crippen molar-refractivity contribution in [1.29, 1.82) is 0 Å². The highest BCUT2D eigenvalue weighted by molar-refractivity contribution is 7.13. The van der Waals surface area contributed by atoms with Gasteiger partial charge in [0.25, 0.3) is 0 Å². The summed E-state index contributed by atoms with van der Waals surface area (Å²) in [6.07, 6.45) is 0. The predicted molar refractivity (Wildman–Crippen MR) is 77.5 cm³/mol. The molecular weight excluding hydrogens is 242 g/mol. The maximum absolute atomic E-state index is 5.13. The second-order valence-corrected chi connectivity index (χ2v) is 6.33. The fraction of sp³-hybridized carbons (Fsp3) is 0.400. The third-order valence-corrected chi connectivity index (χ3v) is 3.87. The summed E-state index contributed by atoms with van der Waals surface area (Å²) in [7, 11) is 1.65. The lowest BCUT2D eigenvalue weighted by Crippen LogP contribution is -2.11. The Morgan fingerprint density at radius 3 is 2.44 bits per heavy atom. The van der Waals surface area contributed by atoms with Gasteiger partial charge >= 0.3 is 0 Å². The third kappa shape index (κ3) is 2.56. The molecule has 1 heterocycles. The molecule has 0 saturated carbocycles. The summed E-state index contributed by atoms with van der Waals surface area (Å²) in [5.41, 5.74) is 3.99. The largest absolute Gasteiger partial charge is 0.480 e. The Bertz CT molecular complexity index is 552. The fourth-order valence-electron chi connectivity index (χ4n) is 1.85. The maximum atomic E-state index is 5.13. The summed E-state index contributed by atoms with van der Waals surface area (Å²) in [4.78, 5) is 4.45. The van der Waals surface area contributed by atoms with E-state index in [4.69, 9.17) is 4.74 Å². The number of aromatic nitrogens is 1. The highest BCUT2D eigenvalue weighted by atomic mass is 32.1. The smallest absolute Gasteiger partial charge is 0.224 e. The molecule has 0 unspecified atom stereocenters. The average molecular weight is 261 g/mol. The van der Waals surface area contributed by atoms with Crippen LogP contribution in [0.15, 0.2) is 23.6 Å². The van der Waals surface area contributed by atoms with Crippen molar-refractivity contribution in [3.05, 3.63) is 34.7 Å². The van der Waals surface area contributed by atoms with Crippen molar-refractivity contribution in [1.82, 2.24) is 4.98 Å².